The van der Waals surface area contributed by atoms with Crippen LogP contribution in [0, 0.1) is 5.82 Å². The fourth-order valence-electron chi connectivity index (χ4n) is 5.14. The number of aromatic amines is 1. The van der Waals surface area contributed by atoms with Gasteiger partial charge in [-0.15, -0.1) is 0 Å². The van der Waals surface area contributed by atoms with Crippen molar-refractivity contribution in [3.05, 3.63) is 65.6 Å². The SMILES string of the molecule is CN1CCOCc2cccc(F)c2-c2cc3c(n[nH]c3cn2)-c2ccc(N3CCS(=O)(=O)CC3)c(c2)C1. The molecule has 1 fully saturated rings. The molecule has 2 aliphatic rings. The van der Waals surface area contributed by atoms with E-state index < -0.39 is 9.84 Å². The average Bonchev–Trinajstić information content (AvgIpc) is 3.30. The van der Waals surface area contributed by atoms with E-state index in [1.165, 1.54) is 6.07 Å². The molecule has 0 atom stereocenters. The van der Waals surface area contributed by atoms with Crippen molar-refractivity contribution in [1.82, 2.24) is 20.1 Å². The van der Waals surface area contributed by atoms with Crippen LogP contribution in [-0.2, 0) is 27.7 Å². The van der Waals surface area contributed by atoms with Gasteiger partial charge in [-0.2, -0.15) is 5.10 Å². The highest BCUT2D eigenvalue weighted by Gasteiger charge is 2.24. The van der Waals surface area contributed by atoms with E-state index in [9.17, 15) is 8.42 Å². The molecule has 37 heavy (non-hydrogen) atoms. The van der Waals surface area contributed by atoms with Gasteiger partial charge in [0.2, 0.25) is 0 Å². The number of nitrogens with zero attached hydrogens (tertiary/aromatic N) is 4. The molecular weight excluding hydrogens is 493 g/mol. The van der Waals surface area contributed by atoms with Crippen LogP contribution in [0.5, 0.6) is 0 Å². The number of H-pyrrole nitrogens is 1. The monoisotopic (exact) mass is 521 g/mol. The van der Waals surface area contributed by atoms with Gasteiger partial charge in [-0.1, -0.05) is 18.2 Å². The van der Waals surface area contributed by atoms with Gasteiger partial charge in [0, 0.05) is 48.4 Å². The zero-order valence-corrected chi connectivity index (χ0v) is 21.4. The van der Waals surface area contributed by atoms with Crippen molar-refractivity contribution in [2.75, 3.05) is 49.7 Å². The first-order valence-corrected chi connectivity index (χ1v) is 14.2. The van der Waals surface area contributed by atoms with Gasteiger partial charge in [-0.25, -0.2) is 12.8 Å². The Morgan fingerprint density at radius 3 is 2.73 bits per heavy atom. The number of rotatable bonds is 1. The molecule has 192 valence electrons. The van der Waals surface area contributed by atoms with E-state index in [2.05, 4.69) is 37.1 Å². The number of ether oxygens (including phenoxy) is 1. The molecule has 4 aromatic rings. The van der Waals surface area contributed by atoms with Crippen LogP contribution in [0.2, 0.25) is 0 Å². The third-order valence-electron chi connectivity index (χ3n) is 7.16. The molecule has 0 saturated carbocycles. The lowest BCUT2D eigenvalue weighted by atomic mass is 10.00. The van der Waals surface area contributed by atoms with Crippen molar-refractivity contribution < 1.29 is 17.5 Å². The number of anilines is 1. The molecule has 6 rings (SSSR count). The summed E-state index contributed by atoms with van der Waals surface area (Å²) in [5.41, 5.74) is 6.31. The number of hydrogen-bond donors (Lipinski definition) is 1. The predicted molar refractivity (Wildman–Crippen MR) is 142 cm³/mol. The molecule has 8 nitrogen and oxygen atoms in total. The van der Waals surface area contributed by atoms with E-state index in [0.717, 1.165) is 39.0 Å². The predicted octanol–water partition coefficient (Wildman–Crippen LogP) is 3.63. The van der Waals surface area contributed by atoms with E-state index >= 15 is 4.39 Å². The molecule has 1 saturated heterocycles. The molecule has 4 heterocycles. The molecule has 4 bridgehead atoms. The molecule has 0 spiro atoms. The van der Waals surface area contributed by atoms with E-state index in [4.69, 9.17) is 4.74 Å². The Kier molecular flexibility index (Phi) is 6.18. The van der Waals surface area contributed by atoms with Gasteiger partial charge < -0.3 is 9.64 Å². The van der Waals surface area contributed by atoms with Crippen LogP contribution in [0.3, 0.4) is 0 Å². The average molecular weight is 522 g/mol. The van der Waals surface area contributed by atoms with Crippen molar-refractivity contribution >= 4 is 26.4 Å². The minimum Gasteiger partial charge on any atom is -0.375 e. The molecule has 2 aliphatic heterocycles. The van der Waals surface area contributed by atoms with Crippen molar-refractivity contribution in [2.45, 2.75) is 13.2 Å². The summed E-state index contributed by atoms with van der Waals surface area (Å²) in [6.07, 6.45) is 1.69. The summed E-state index contributed by atoms with van der Waals surface area (Å²) in [5.74, 6) is -0.0154. The Morgan fingerprint density at radius 1 is 1.05 bits per heavy atom. The van der Waals surface area contributed by atoms with Gasteiger partial charge in [-0.05, 0) is 42.4 Å². The second-order valence-corrected chi connectivity index (χ2v) is 12.0. The molecule has 1 N–H and O–H groups in total. The highest BCUT2D eigenvalue weighted by Crippen LogP contribution is 2.35. The zero-order valence-electron chi connectivity index (χ0n) is 20.6. The van der Waals surface area contributed by atoms with Gasteiger partial charge in [0.25, 0.3) is 0 Å². The molecule has 2 aromatic carbocycles. The number of sulfone groups is 1. The van der Waals surface area contributed by atoms with E-state index in [1.54, 1.807) is 12.3 Å². The van der Waals surface area contributed by atoms with E-state index in [0.29, 0.717) is 44.0 Å². The Morgan fingerprint density at radius 2 is 1.89 bits per heavy atom. The molecule has 0 aliphatic carbocycles. The standard InChI is InChI=1S/C27H28FN5O3S/c1-32-7-10-36-17-19-3-2-4-22(28)26(19)23-14-21-24(15-29-23)30-31-27(21)18-5-6-25(20(13-18)16-32)33-8-11-37(34,35)12-9-33/h2-6,13-15H,7-12,16-17H2,1H3,(H,30,31). The van der Waals surface area contributed by atoms with Crippen molar-refractivity contribution in [2.24, 2.45) is 0 Å². The number of hydrogen-bond acceptors (Lipinski definition) is 7. The van der Waals surface area contributed by atoms with Gasteiger partial charge >= 0.3 is 0 Å². The summed E-state index contributed by atoms with van der Waals surface area (Å²) in [4.78, 5) is 8.87. The first kappa shape index (κ1) is 24.0. The normalized spacial score (nSPS) is 18.4. The Bertz CT molecular complexity index is 1570. The molecule has 10 heteroatoms. The van der Waals surface area contributed by atoms with Crippen LogP contribution in [0.25, 0.3) is 33.4 Å². The third kappa shape index (κ3) is 4.72. The van der Waals surface area contributed by atoms with Crippen LogP contribution < -0.4 is 4.90 Å². The van der Waals surface area contributed by atoms with Crippen LogP contribution >= 0.6 is 0 Å². The first-order chi connectivity index (χ1) is 17.9. The number of nitrogens with one attached hydrogen (secondary N) is 1. The zero-order chi connectivity index (χ0) is 25.6. The number of aromatic nitrogens is 3. The maximum absolute atomic E-state index is 15.0. The number of fused-ring (bicyclic) bond motifs is 6. The molecular formula is C27H28FN5O3S. The quantitative estimate of drug-likeness (QED) is 0.409. The lowest BCUT2D eigenvalue weighted by Gasteiger charge is -2.31. The van der Waals surface area contributed by atoms with Crippen molar-refractivity contribution in [3.63, 3.8) is 0 Å². The topological polar surface area (TPSA) is 91.4 Å². The van der Waals surface area contributed by atoms with E-state index in [1.807, 2.05) is 25.2 Å². The maximum atomic E-state index is 15.0. The Labute approximate surface area is 215 Å². The highest BCUT2D eigenvalue weighted by molar-refractivity contribution is 7.91. The summed E-state index contributed by atoms with van der Waals surface area (Å²) in [5, 5.41) is 8.50. The number of halogens is 1. The largest absolute Gasteiger partial charge is 0.375 e. The van der Waals surface area contributed by atoms with Gasteiger partial charge in [-0.3, -0.25) is 15.0 Å². The fourth-order valence-corrected chi connectivity index (χ4v) is 6.34. The molecule has 0 radical (unpaired) electrons. The van der Waals surface area contributed by atoms with Crippen LogP contribution in [0.15, 0.2) is 48.7 Å². The van der Waals surface area contributed by atoms with Crippen LogP contribution in [-0.4, -0.2) is 73.3 Å². The lowest BCUT2D eigenvalue weighted by molar-refractivity contribution is 0.0981. The van der Waals surface area contributed by atoms with E-state index in [-0.39, 0.29) is 23.9 Å². The second-order valence-electron chi connectivity index (χ2n) is 9.73. The highest BCUT2D eigenvalue weighted by atomic mass is 32.2. The smallest absolute Gasteiger partial charge is 0.153 e. The van der Waals surface area contributed by atoms with Crippen LogP contribution in [0.4, 0.5) is 10.1 Å². The Balaban J connectivity index is 1.49. The van der Waals surface area contributed by atoms with Crippen molar-refractivity contribution in [3.8, 4) is 22.5 Å². The third-order valence-corrected chi connectivity index (χ3v) is 8.77. The number of benzene rings is 2. The molecule has 0 amide bonds. The minimum atomic E-state index is -2.98. The summed E-state index contributed by atoms with van der Waals surface area (Å²) in [6.45, 7) is 3.06. The van der Waals surface area contributed by atoms with Crippen LogP contribution in [0.1, 0.15) is 11.1 Å². The number of pyridine rings is 1. The number of likely N-dealkylation sites (N-methyl/N-ethyl adjacent to an activating group) is 1. The van der Waals surface area contributed by atoms with Crippen molar-refractivity contribution in [1.29, 1.82) is 0 Å². The second kappa shape index (κ2) is 9.51. The summed E-state index contributed by atoms with van der Waals surface area (Å²) in [6, 6.07) is 13.1. The summed E-state index contributed by atoms with van der Waals surface area (Å²) in [7, 11) is -0.948. The van der Waals surface area contributed by atoms with Gasteiger partial charge in [0.05, 0.1) is 42.1 Å². The lowest BCUT2D eigenvalue weighted by Crippen LogP contribution is -2.41. The van der Waals surface area contributed by atoms with Gasteiger partial charge in [0.1, 0.15) is 11.5 Å². The Hall–Kier alpha value is -3.34. The maximum Gasteiger partial charge on any atom is 0.153 e. The molecule has 0 unspecified atom stereocenters. The molecule has 2 aromatic heterocycles. The minimum absolute atomic E-state index is 0.161. The fraction of sp³-hybridized carbons (Fsp3) is 0.333. The van der Waals surface area contributed by atoms with Gasteiger partial charge in [0.15, 0.2) is 9.84 Å². The summed E-state index contributed by atoms with van der Waals surface area (Å²) >= 11 is 0. The first-order valence-electron chi connectivity index (χ1n) is 12.3. The summed E-state index contributed by atoms with van der Waals surface area (Å²) < 4.78 is 45.0.